The number of carbonyl (C=O) groups excluding carboxylic acids is 2. The predicted octanol–water partition coefficient (Wildman–Crippen LogP) is 2.43. The summed E-state index contributed by atoms with van der Waals surface area (Å²) >= 11 is 1.69. The monoisotopic (exact) mass is 232 g/mol. The number of thioether (sulfide) groups is 1. The van der Waals surface area contributed by atoms with Gasteiger partial charge in [0, 0.05) is 19.3 Å². The number of esters is 1. The summed E-state index contributed by atoms with van der Waals surface area (Å²) in [7, 11) is 0. The first-order valence-corrected chi connectivity index (χ1v) is 6.76. The minimum Gasteiger partial charge on any atom is -0.466 e. The zero-order valence-electron chi connectivity index (χ0n) is 9.58. The highest BCUT2D eigenvalue weighted by Crippen LogP contribution is 2.05. The van der Waals surface area contributed by atoms with Gasteiger partial charge in [-0.05, 0) is 31.8 Å². The van der Waals surface area contributed by atoms with Crippen LogP contribution >= 0.6 is 11.8 Å². The first-order valence-electron chi connectivity index (χ1n) is 5.37. The van der Waals surface area contributed by atoms with Gasteiger partial charge in [-0.1, -0.05) is 0 Å². The molecule has 0 radical (unpaired) electrons. The zero-order chi connectivity index (χ0) is 11.5. The van der Waals surface area contributed by atoms with E-state index in [1.165, 1.54) is 0 Å². The summed E-state index contributed by atoms with van der Waals surface area (Å²) in [5.41, 5.74) is 0. The van der Waals surface area contributed by atoms with Gasteiger partial charge in [-0.25, -0.2) is 0 Å². The van der Waals surface area contributed by atoms with Crippen LogP contribution in [0.1, 0.15) is 39.0 Å². The Labute approximate surface area is 95.9 Å². The van der Waals surface area contributed by atoms with Gasteiger partial charge in [-0.15, -0.1) is 0 Å². The molecule has 0 atom stereocenters. The lowest BCUT2D eigenvalue weighted by Gasteiger charge is -2.01. The molecule has 88 valence electrons. The van der Waals surface area contributed by atoms with Crippen molar-refractivity contribution in [3.8, 4) is 0 Å². The van der Waals surface area contributed by atoms with E-state index < -0.39 is 0 Å². The van der Waals surface area contributed by atoms with E-state index in [2.05, 4.69) is 0 Å². The van der Waals surface area contributed by atoms with E-state index in [0.717, 1.165) is 18.6 Å². The fourth-order valence-electron chi connectivity index (χ4n) is 1.17. The number of hydrogen-bond acceptors (Lipinski definition) is 4. The predicted molar refractivity (Wildman–Crippen MR) is 63.1 cm³/mol. The molecule has 0 aliphatic carbocycles. The average molecular weight is 232 g/mol. The van der Waals surface area contributed by atoms with E-state index >= 15 is 0 Å². The molecule has 3 nitrogen and oxygen atoms in total. The highest BCUT2D eigenvalue weighted by molar-refractivity contribution is 7.98. The van der Waals surface area contributed by atoms with Gasteiger partial charge < -0.3 is 4.74 Å². The van der Waals surface area contributed by atoms with E-state index in [1.807, 2.05) is 6.26 Å². The Morgan fingerprint density at radius 1 is 1.13 bits per heavy atom. The third kappa shape index (κ3) is 9.79. The number of ether oxygens (including phenoxy) is 1. The normalized spacial score (nSPS) is 10.0. The molecular formula is C11H20O3S. The highest BCUT2D eigenvalue weighted by atomic mass is 32.2. The molecule has 0 rings (SSSR count). The number of Topliss-reactive ketones (excluding diaryl/α,β-unsaturated/α-hetero) is 1. The average Bonchev–Trinajstić information content (AvgIpc) is 2.22. The lowest BCUT2D eigenvalue weighted by molar-refractivity contribution is -0.143. The highest BCUT2D eigenvalue weighted by Gasteiger charge is 2.04. The topological polar surface area (TPSA) is 43.4 Å². The summed E-state index contributed by atoms with van der Waals surface area (Å²) in [6.45, 7) is 2.23. The van der Waals surface area contributed by atoms with Crippen LogP contribution < -0.4 is 0 Å². The van der Waals surface area contributed by atoms with Crippen molar-refractivity contribution < 1.29 is 14.3 Å². The molecule has 0 N–H and O–H groups in total. The van der Waals surface area contributed by atoms with Crippen molar-refractivity contribution in [1.82, 2.24) is 0 Å². The minimum absolute atomic E-state index is 0.158. The standard InChI is InChI=1S/C11H20O3S/c1-3-14-11(13)7-5-4-6-10(12)8-9-15-2/h3-9H2,1-2H3. The molecule has 0 aliphatic rings. The van der Waals surface area contributed by atoms with Gasteiger partial charge in [0.15, 0.2) is 0 Å². The molecule has 0 saturated heterocycles. The smallest absolute Gasteiger partial charge is 0.305 e. The fraction of sp³-hybridized carbons (Fsp3) is 0.818. The molecule has 0 spiro atoms. The van der Waals surface area contributed by atoms with E-state index in [9.17, 15) is 9.59 Å². The Bertz CT molecular complexity index is 192. The molecule has 15 heavy (non-hydrogen) atoms. The summed E-state index contributed by atoms with van der Waals surface area (Å²) in [5, 5.41) is 0. The molecule has 0 amide bonds. The van der Waals surface area contributed by atoms with Gasteiger partial charge in [0.1, 0.15) is 5.78 Å². The van der Waals surface area contributed by atoms with Crippen molar-refractivity contribution in [3.05, 3.63) is 0 Å². The Hall–Kier alpha value is -0.510. The van der Waals surface area contributed by atoms with Crippen LogP contribution in [-0.2, 0) is 14.3 Å². The van der Waals surface area contributed by atoms with Crippen LogP contribution in [0.25, 0.3) is 0 Å². The van der Waals surface area contributed by atoms with Gasteiger partial charge in [0.05, 0.1) is 6.61 Å². The maximum absolute atomic E-state index is 11.2. The van der Waals surface area contributed by atoms with Gasteiger partial charge >= 0.3 is 5.97 Å². The van der Waals surface area contributed by atoms with Crippen LogP contribution in [0.2, 0.25) is 0 Å². The van der Waals surface area contributed by atoms with Crippen LogP contribution in [0.4, 0.5) is 0 Å². The van der Waals surface area contributed by atoms with Gasteiger partial charge in [0.2, 0.25) is 0 Å². The number of unbranched alkanes of at least 4 members (excludes halogenated alkanes) is 1. The summed E-state index contributed by atoms with van der Waals surface area (Å²) in [5.74, 6) is 1.04. The lowest BCUT2D eigenvalue weighted by atomic mass is 10.1. The zero-order valence-corrected chi connectivity index (χ0v) is 10.4. The Balaban J connectivity index is 3.30. The van der Waals surface area contributed by atoms with Crippen LogP contribution in [0.3, 0.4) is 0 Å². The molecule has 0 aromatic heterocycles. The van der Waals surface area contributed by atoms with Crippen molar-refractivity contribution in [2.45, 2.75) is 39.0 Å². The molecule has 0 aromatic carbocycles. The summed E-state index contributed by atoms with van der Waals surface area (Å²) < 4.78 is 4.79. The third-order valence-electron chi connectivity index (χ3n) is 1.98. The van der Waals surface area contributed by atoms with Crippen LogP contribution in [0, 0.1) is 0 Å². The molecule has 4 heteroatoms. The lowest BCUT2D eigenvalue weighted by Crippen LogP contribution is -2.04. The molecule has 0 aromatic rings. The van der Waals surface area contributed by atoms with E-state index in [0.29, 0.717) is 31.7 Å². The number of ketones is 1. The molecule has 0 fully saturated rings. The van der Waals surface area contributed by atoms with Crippen molar-refractivity contribution in [3.63, 3.8) is 0 Å². The first-order chi connectivity index (χ1) is 7.20. The van der Waals surface area contributed by atoms with E-state index in [1.54, 1.807) is 18.7 Å². The fourth-order valence-corrected chi connectivity index (χ4v) is 1.60. The Morgan fingerprint density at radius 2 is 1.80 bits per heavy atom. The van der Waals surface area contributed by atoms with Crippen molar-refractivity contribution >= 4 is 23.5 Å². The van der Waals surface area contributed by atoms with Crippen molar-refractivity contribution in [1.29, 1.82) is 0 Å². The SMILES string of the molecule is CCOC(=O)CCCCC(=O)CCSC. The molecule has 0 aliphatic heterocycles. The largest absolute Gasteiger partial charge is 0.466 e. The quantitative estimate of drug-likeness (QED) is 0.452. The number of hydrogen-bond donors (Lipinski definition) is 0. The minimum atomic E-state index is -0.158. The molecule has 0 saturated carbocycles. The summed E-state index contributed by atoms with van der Waals surface area (Å²) in [4.78, 5) is 22.2. The third-order valence-corrected chi connectivity index (χ3v) is 2.59. The van der Waals surface area contributed by atoms with Crippen LogP contribution in [0.15, 0.2) is 0 Å². The number of rotatable bonds is 9. The van der Waals surface area contributed by atoms with E-state index in [4.69, 9.17) is 4.74 Å². The molecule has 0 unspecified atom stereocenters. The molecule has 0 heterocycles. The second kappa shape index (κ2) is 10.0. The summed E-state index contributed by atoms with van der Waals surface area (Å²) in [6.07, 6.45) is 5.23. The summed E-state index contributed by atoms with van der Waals surface area (Å²) in [6, 6.07) is 0. The molecular weight excluding hydrogens is 212 g/mol. The van der Waals surface area contributed by atoms with Gasteiger partial charge in [-0.2, -0.15) is 11.8 Å². The number of carbonyl (C=O) groups is 2. The first kappa shape index (κ1) is 14.5. The van der Waals surface area contributed by atoms with Crippen molar-refractivity contribution in [2.24, 2.45) is 0 Å². The van der Waals surface area contributed by atoms with Crippen LogP contribution in [0.5, 0.6) is 0 Å². The Morgan fingerprint density at radius 3 is 2.40 bits per heavy atom. The molecule has 0 bridgehead atoms. The second-order valence-electron chi connectivity index (χ2n) is 3.29. The maximum Gasteiger partial charge on any atom is 0.305 e. The van der Waals surface area contributed by atoms with Gasteiger partial charge in [-0.3, -0.25) is 9.59 Å². The van der Waals surface area contributed by atoms with E-state index in [-0.39, 0.29) is 5.97 Å². The van der Waals surface area contributed by atoms with Gasteiger partial charge in [0.25, 0.3) is 0 Å². The second-order valence-corrected chi connectivity index (χ2v) is 4.28. The van der Waals surface area contributed by atoms with Crippen molar-refractivity contribution in [2.75, 3.05) is 18.6 Å². The Kier molecular flexibility index (Phi) is 9.68. The van der Waals surface area contributed by atoms with Crippen LogP contribution in [-0.4, -0.2) is 30.4 Å². The maximum atomic E-state index is 11.2.